The Morgan fingerprint density at radius 3 is 2.31 bits per heavy atom. The van der Waals surface area contributed by atoms with Crippen molar-refractivity contribution in [2.75, 3.05) is 14.2 Å². The maximum Gasteiger partial charge on any atom is 0.471 e. The molecule has 1 fully saturated rings. The van der Waals surface area contributed by atoms with Crippen molar-refractivity contribution < 1.29 is 32.0 Å². The van der Waals surface area contributed by atoms with Crippen LogP contribution >= 0.6 is 0 Å². The van der Waals surface area contributed by atoms with Crippen LogP contribution in [0.2, 0.25) is 0 Å². The van der Waals surface area contributed by atoms with Crippen LogP contribution in [0, 0.1) is 5.92 Å². The van der Waals surface area contributed by atoms with Crippen molar-refractivity contribution in [1.82, 2.24) is 15.5 Å². The molecular formula is C16H16F3N3O4. The summed E-state index contributed by atoms with van der Waals surface area (Å²) in [6.45, 7) is 0.266. The predicted octanol–water partition coefficient (Wildman–Crippen LogP) is 2.03. The molecule has 1 aliphatic carbocycles. The molecule has 0 bridgehead atoms. The van der Waals surface area contributed by atoms with E-state index in [9.17, 15) is 18.0 Å². The standard InChI is InChI=1S/C16H16F3N3O4/c1-24-11-10(12(11)25-2)14(23)20-7-8-3-5-9(6-4-8)13-21-15(26-22-13)16(17,18)19/h3-6,10-12H,7H2,1-2H3,(H,20,23). The number of halogens is 3. The lowest BCUT2D eigenvalue weighted by atomic mass is 10.1. The highest BCUT2D eigenvalue weighted by atomic mass is 19.4. The van der Waals surface area contributed by atoms with E-state index in [-0.39, 0.29) is 36.4 Å². The minimum Gasteiger partial charge on any atom is -0.378 e. The molecule has 1 N–H and O–H groups in total. The molecule has 1 amide bonds. The molecule has 140 valence electrons. The molecule has 1 aromatic carbocycles. The molecule has 2 aromatic rings. The average Bonchev–Trinajstić information content (AvgIpc) is 3.11. The van der Waals surface area contributed by atoms with Crippen molar-refractivity contribution in [3.8, 4) is 11.4 Å². The third kappa shape index (κ3) is 3.70. The second kappa shape index (κ2) is 7.04. The average molecular weight is 371 g/mol. The number of carbonyl (C=O) groups excluding carboxylic acids is 1. The van der Waals surface area contributed by atoms with Gasteiger partial charge in [-0.15, -0.1) is 0 Å². The van der Waals surface area contributed by atoms with E-state index in [0.29, 0.717) is 5.56 Å². The van der Waals surface area contributed by atoms with Gasteiger partial charge in [0.2, 0.25) is 11.7 Å². The summed E-state index contributed by atoms with van der Waals surface area (Å²) in [4.78, 5) is 15.4. The lowest BCUT2D eigenvalue weighted by Crippen LogP contribution is -2.26. The second-order valence-electron chi connectivity index (χ2n) is 5.76. The Morgan fingerprint density at radius 1 is 1.19 bits per heavy atom. The van der Waals surface area contributed by atoms with Crippen LogP contribution in [0.4, 0.5) is 13.2 Å². The van der Waals surface area contributed by atoms with E-state index in [1.165, 1.54) is 14.2 Å². The van der Waals surface area contributed by atoms with Crippen LogP contribution < -0.4 is 5.32 Å². The van der Waals surface area contributed by atoms with Crippen LogP contribution in [0.1, 0.15) is 11.5 Å². The number of rotatable bonds is 6. The van der Waals surface area contributed by atoms with Crippen molar-refractivity contribution in [3.63, 3.8) is 0 Å². The van der Waals surface area contributed by atoms with Gasteiger partial charge in [-0.05, 0) is 5.56 Å². The van der Waals surface area contributed by atoms with E-state index in [0.717, 1.165) is 5.56 Å². The highest BCUT2D eigenvalue weighted by Crippen LogP contribution is 2.36. The molecule has 0 saturated heterocycles. The summed E-state index contributed by atoms with van der Waals surface area (Å²) in [6, 6.07) is 6.43. The van der Waals surface area contributed by atoms with Gasteiger partial charge in [-0.3, -0.25) is 4.79 Å². The van der Waals surface area contributed by atoms with E-state index in [4.69, 9.17) is 9.47 Å². The first-order valence-electron chi connectivity index (χ1n) is 7.68. The summed E-state index contributed by atoms with van der Waals surface area (Å²) in [5.41, 5.74) is 1.14. The fraction of sp³-hybridized carbons (Fsp3) is 0.438. The monoisotopic (exact) mass is 371 g/mol. The van der Waals surface area contributed by atoms with Crippen molar-refractivity contribution in [2.24, 2.45) is 5.92 Å². The van der Waals surface area contributed by atoms with E-state index in [1.807, 2.05) is 0 Å². The normalized spacial score (nSPS) is 22.3. The lowest BCUT2D eigenvalue weighted by Gasteiger charge is -2.05. The molecule has 7 nitrogen and oxygen atoms in total. The van der Waals surface area contributed by atoms with Gasteiger partial charge >= 0.3 is 12.1 Å². The van der Waals surface area contributed by atoms with Crippen molar-refractivity contribution in [3.05, 3.63) is 35.7 Å². The molecule has 26 heavy (non-hydrogen) atoms. The lowest BCUT2D eigenvalue weighted by molar-refractivity contribution is -0.159. The first-order chi connectivity index (χ1) is 12.3. The summed E-state index contributed by atoms with van der Waals surface area (Å²) in [5.74, 6) is -2.07. The third-order valence-corrected chi connectivity index (χ3v) is 4.09. The Morgan fingerprint density at radius 2 is 1.81 bits per heavy atom. The maximum atomic E-state index is 12.5. The van der Waals surface area contributed by atoms with Crippen LogP contribution in [0.5, 0.6) is 0 Å². The first kappa shape index (κ1) is 18.3. The summed E-state index contributed by atoms with van der Waals surface area (Å²) in [7, 11) is 3.04. The van der Waals surface area contributed by atoms with Gasteiger partial charge in [0.15, 0.2) is 0 Å². The minimum absolute atomic E-state index is 0.156. The number of amides is 1. The van der Waals surface area contributed by atoms with Crippen LogP contribution in [0.15, 0.2) is 28.8 Å². The zero-order chi connectivity index (χ0) is 18.9. The molecule has 2 unspecified atom stereocenters. The van der Waals surface area contributed by atoms with Gasteiger partial charge in [0.25, 0.3) is 0 Å². The van der Waals surface area contributed by atoms with Crippen LogP contribution in [-0.2, 0) is 27.0 Å². The van der Waals surface area contributed by atoms with Gasteiger partial charge in [0.1, 0.15) is 0 Å². The molecule has 1 heterocycles. The number of ether oxygens (including phenoxy) is 2. The molecule has 0 aliphatic heterocycles. The number of alkyl halides is 3. The fourth-order valence-electron chi connectivity index (χ4n) is 2.65. The molecule has 2 atom stereocenters. The van der Waals surface area contributed by atoms with Crippen molar-refractivity contribution in [2.45, 2.75) is 24.9 Å². The second-order valence-corrected chi connectivity index (χ2v) is 5.76. The molecular weight excluding hydrogens is 355 g/mol. The molecule has 1 aliphatic rings. The predicted molar refractivity (Wildman–Crippen MR) is 81.7 cm³/mol. The van der Waals surface area contributed by atoms with Crippen LogP contribution in [0.3, 0.4) is 0 Å². The summed E-state index contributed by atoms with van der Waals surface area (Å²) < 4.78 is 51.9. The number of hydrogen-bond donors (Lipinski definition) is 1. The summed E-state index contributed by atoms with van der Waals surface area (Å²) in [6.07, 6.45) is -5.18. The summed E-state index contributed by atoms with van der Waals surface area (Å²) >= 11 is 0. The number of nitrogens with one attached hydrogen (secondary N) is 1. The van der Waals surface area contributed by atoms with Gasteiger partial charge in [0.05, 0.1) is 18.1 Å². The molecule has 1 aromatic heterocycles. The highest BCUT2D eigenvalue weighted by Gasteiger charge is 2.56. The van der Waals surface area contributed by atoms with Gasteiger partial charge in [-0.1, -0.05) is 29.4 Å². The Labute approximate surface area is 146 Å². The van der Waals surface area contributed by atoms with Crippen molar-refractivity contribution in [1.29, 1.82) is 0 Å². The Hall–Kier alpha value is -2.46. The van der Waals surface area contributed by atoms with E-state index < -0.39 is 12.1 Å². The SMILES string of the molecule is COC1C(OC)C1C(=O)NCc1ccc(-c2noc(C(F)(F)F)n2)cc1. The van der Waals surface area contributed by atoms with Gasteiger partial charge < -0.3 is 19.3 Å². The number of methoxy groups -OCH3 is 2. The third-order valence-electron chi connectivity index (χ3n) is 4.09. The topological polar surface area (TPSA) is 86.5 Å². The van der Waals surface area contributed by atoms with Crippen LogP contribution in [0.25, 0.3) is 11.4 Å². The number of aromatic nitrogens is 2. The number of hydrogen-bond acceptors (Lipinski definition) is 6. The maximum absolute atomic E-state index is 12.5. The largest absolute Gasteiger partial charge is 0.471 e. The Bertz CT molecular complexity index is 766. The molecule has 0 radical (unpaired) electrons. The van der Waals surface area contributed by atoms with E-state index >= 15 is 0 Å². The van der Waals surface area contributed by atoms with E-state index in [1.54, 1.807) is 24.3 Å². The van der Waals surface area contributed by atoms with Gasteiger partial charge in [-0.2, -0.15) is 18.2 Å². The zero-order valence-electron chi connectivity index (χ0n) is 13.9. The molecule has 3 rings (SSSR count). The highest BCUT2D eigenvalue weighted by molar-refractivity contribution is 5.83. The number of benzene rings is 1. The van der Waals surface area contributed by atoms with Gasteiger partial charge in [0, 0.05) is 26.3 Å². The zero-order valence-corrected chi connectivity index (χ0v) is 13.9. The minimum atomic E-state index is -4.68. The molecule has 0 spiro atoms. The number of carbonyl (C=O) groups is 1. The fourth-order valence-corrected chi connectivity index (χ4v) is 2.65. The quantitative estimate of drug-likeness (QED) is 0.836. The molecule has 10 heteroatoms. The number of nitrogens with zero attached hydrogens (tertiary/aromatic N) is 2. The Balaban J connectivity index is 1.58. The molecule has 1 saturated carbocycles. The van der Waals surface area contributed by atoms with Gasteiger partial charge in [-0.25, -0.2) is 0 Å². The van der Waals surface area contributed by atoms with E-state index in [2.05, 4.69) is 20.0 Å². The smallest absolute Gasteiger partial charge is 0.378 e. The van der Waals surface area contributed by atoms with Crippen molar-refractivity contribution >= 4 is 5.91 Å². The Kier molecular flexibility index (Phi) is 4.97. The summed E-state index contributed by atoms with van der Waals surface area (Å²) in [5, 5.41) is 6.10. The first-order valence-corrected chi connectivity index (χ1v) is 7.68. The van der Waals surface area contributed by atoms with Crippen LogP contribution in [-0.4, -0.2) is 42.5 Å².